The maximum atomic E-state index is 11.9. The number of halogens is 5. The number of hydrogen-bond acceptors (Lipinski definition) is 2. The zero-order valence-corrected chi connectivity index (χ0v) is 15.3. The highest BCUT2D eigenvalue weighted by Crippen LogP contribution is 2.21. The van der Waals surface area contributed by atoms with Crippen LogP contribution < -0.4 is 11.1 Å². The number of anilines is 2. The minimum absolute atomic E-state index is 0.162. The van der Waals surface area contributed by atoms with E-state index in [0.29, 0.717) is 3.57 Å². The van der Waals surface area contributed by atoms with Gasteiger partial charge in [-0.1, -0.05) is 24.3 Å². The molecule has 0 aliphatic heterocycles. The number of alkyl halides is 3. The van der Waals surface area contributed by atoms with Gasteiger partial charge in [-0.25, -0.2) is 0 Å². The summed E-state index contributed by atoms with van der Waals surface area (Å²) in [4.78, 5) is 10.5. The molecule has 1 amide bonds. The lowest BCUT2D eigenvalue weighted by molar-refractivity contribution is -0.167. The van der Waals surface area contributed by atoms with Crippen LogP contribution in [0.25, 0.3) is 0 Å². The standard InChI is InChI=1S/C8H5F3INO.C6H6IN/c9-8(10,11)7(14)13-6-4-2-1-3-5(6)12;7-5-3-1-2-4-6(5)8/h1-4H,(H,13,14);1-4H,8H2. The molecular weight excluding hydrogens is 523 g/mol. The first-order valence-electron chi connectivity index (χ1n) is 5.84. The van der Waals surface area contributed by atoms with Gasteiger partial charge in [-0.15, -0.1) is 0 Å². The minimum Gasteiger partial charge on any atom is -0.398 e. The van der Waals surface area contributed by atoms with Gasteiger partial charge in [0.05, 0.1) is 5.69 Å². The van der Waals surface area contributed by atoms with Crippen molar-refractivity contribution in [1.29, 1.82) is 0 Å². The summed E-state index contributed by atoms with van der Waals surface area (Å²) in [6.45, 7) is 0. The SMILES string of the molecule is Nc1ccccc1I.O=C(Nc1ccccc1I)C(F)(F)F. The number of carbonyl (C=O) groups is 1. The Morgan fingerprint density at radius 2 is 1.45 bits per heavy atom. The van der Waals surface area contributed by atoms with Crippen LogP contribution in [0.1, 0.15) is 0 Å². The van der Waals surface area contributed by atoms with E-state index >= 15 is 0 Å². The van der Waals surface area contributed by atoms with Crippen LogP contribution in [-0.2, 0) is 4.79 Å². The molecule has 0 atom stereocenters. The molecule has 0 unspecified atom stereocenters. The highest BCUT2D eigenvalue weighted by atomic mass is 127. The van der Waals surface area contributed by atoms with E-state index in [-0.39, 0.29) is 5.69 Å². The van der Waals surface area contributed by atoms with Crippen molar-refractivity contribution in [3.8, 4) is 0 Å². The van der Waals surface area contributed by atoms with Gasteiger partial charge in [0.15, 0.2) is 0 Å². The van der Waals surface area contributed by atoms with Crippen molar-refractivity contribution in [3.63, 3.8) is 0 Å². The molecular formula is C14H11F3I2N2O. The molecule has 22 heavy (non-hydrogen) atoms. The number of nitrogens with two attached hydrogens (primary N) is 1. The Morgan fingerprint density at radius 1 is 0.955 bits per heavy atom. The number of benzene rings is 2. The quantitative estimate of drug-likeness (QED) is 0.414. The van der Waals surface area contributed by atoms with E-state index in [0.717, 1.165) is 9.26 Å². The Bertz CT molecular complexity index is 627. The summed E-state index contributed by atoms with van der Waals surface area (Å²) in [5, 5.41) is 1.78. The molecule has 0 spiro atoms. The summed E-state index contributed by atoms with van der Waals surface area (Å²) in [5.74, 6) is -1.96. The van der Waals surface area contributed by atoms with Crippen LogP contribution in [0.15, 0.2) is 48.5 Å². The van der Waals surface area contributed by atoms with Crippen LogP contribution in [0.3, 0.4) is 0 Å². The number of nitrogen functional groups attached to an aromatic ring is 1. The van der Waals surface area contributed by atoms with Crippen molar-refractivity contribution in [2.75, 3.05) is 11.1 Å². The van der Waals surface area contributed by atoms with Crippen molar-refractivity contribution >= 4 is 62.5 Å². The Morgan fingerprint density at radius 3 is 1.86 bits per heavy atom. The van der Waals surface area contributed by atoms with Crippen LogP contribution in [0.2, 0.25) is 0 Å². The number of nitrogens with one attached hydrogen (secondary N) is 1. The predicted octanol–water partition coefficient (Wildman–Crippen LogP) is 4.67. The number of para-hydroxylation sites is 2. The molecule has 3 nitrogen and oxygen atoms in total. The molecule has 0 saturated heterocycles. The van der Waals surface area contributed by atoms with Crippen LogP contribution in [-0.4, -0.2) is 12.1 Å². The van der Waals surface area contributed by atoms with E-state index in [1.54, 1.807) is 23.5 Å². The van der Waals surface area contributed by atoms with Gasteiger partial charge in [0.1, 0.15) is 0 Å². The van der Waals surface area contributed by atoms with Gasteiger partial charge < -0.3 is 11.1 Å². The fraction of sp³-hybridized carbons (Fsp3) is 0.0714. The third kappa shape index (κ3) is 6.38. The van der Waals surface area contributed by atoms with Gasteiger partial charge in [-0.3, -0.25) is 4.79 Å². The van der Waals surface area contributed by atoms with Gasteiger partial charge in [0.2, 0.25) is 0 Å². The Kier molecular flexibility index (Phi) is 7.39. The summed E-state index contributed by atoms with van der Waals surface area (Å²) in [7, 11) is 0. The normalized spacial score (nSPS) is 10.4. The van der Waals surface area contributed by atoms with Gasteiger partial charge in [-0.05, 0) is 69.4 Å². The largest absolute Gasteiger partial charge is 0.471 e. The zero-order chi connectivity index (χ0) is 16.8. The molecule has 0 radical (unpaired) electrons. The fourth-order valence-corrected chi connectivity index (χ4v) is 2.14. The highest BCUT2D eigenvalue weighted by molar-refractivity contribution is 14.1. The van der Waals surface area contributed by atoms with Gasteiger partial charge in [0.25, 0.3) is 0 Å². The molecule has 0 aliphatic rings. The average Bonchev–Trinajstić information content (AvgIpc) is 2.44. The summed E-state index contributed by atoms with van der Waals surface area (Å²) in [6.07, 6.45) is -4.85. The number of amides is 1. The Labute approximate surface area is 152 Å². The summed E-state index contributed by atoms with van der Waals surface area (Å²) in [5.41, 5.74) is 6.53. The van der Waals surface area contributed by atoms with Crippen molar-refractivity contribution in [2.24, 2.45) is 0 Å². The van der Waals surface area contributed by atoms with E-state index in [1.807, 2.05) is 46.9 Å². The molecule has 8 heteroatoms. The molecule has 2 aromatic rings. The second-order valence-electron chi connectivity index (χ2n) is 3.95. The smallest absolute Gasteiger partial charge is 0.398 e. The number of carbonyl (C=O) groups excluding carboxylic acids is 1. The number of rotatable bonds is 1. The first-order chi connectivity index (χ1) is 10.2. The van der Waals surface area contributed by atoms with E-state index in [9.17, 15) is 18.0 Å². The molecule has 0 aromatic heterocycles. The third-order valence-electron chi connectivity index (χ3n) is 2.28. The third-order valence-corrected chi connectivity index (χ3v) is 4.21. The maximum absolute atomic E-state index is 11.9. The summed E-state index contributed by atoms with van der Waals surface area (Å²) < 4.78 is 37.2. The molecule has 0 heterocycles. The number of hydrogen-bond donors (Lipinski definition) is 2. The summed E-state index contributed by atoms with van der Waals surface area (Å²) >= 11 is 4.04. The molecule has 118 valence electrons. The monoisotopic (exact) mass is 534 g/mol. The lowest BCUT2D eigenvalue weighted by atomic mass is 10.3. The van der Waals surface area contributed by atoms with Crippen molar-refractivity contribution in [2.45, 2.75) is 6.18 Å². The second-order valence-corrected chi connectivity index (χ2v) is 6.28. The lowest BCUT2D eigenvalue weighted by Gasteiger charge is -2.08. The lowest BCUT2D eigenvalue weighted by Crippen LogP contribution is -2.30. The molecule has 0 aliphatic carbocycles. The fourth-order valence-electron chi connectivity index (χ4n) is 1.23. The van der Waals surface area contributed by atoms with Crippen LogP contribution in [0, 0.1) is 7.14 Å². The van der Waals surface area contributed by atoms with Gasteiger partial charge in [0, 0.05) is 12.8 Å². The first-order valence-corrected chi connectivity index (χ1v) is 8.00. The zero-order valence-electron chi connectivity index (χ0n) is 11.0. The topological polar surface area (TPSA) is 55.1 Å². The van der Waals surface area contributed by atoms with E-state index in [4.69, 9.17) is 5.73 Å². The van der Waals surface area contributed by atoms with Gasteiger partial charge >= 0.3 is 12.1 Å². The molecule has 0 bridgehead atoms. The Balaban J connectivity index is 0.000000255. The molecule has 0 saturated carbocycles. The van der Waals surface area contributed by atoms with Crippen molar-refractivity contribution in [1.82, 2.24) is 0 Å². The minimum atomic E-state index is -4.85. The van der Waals surface area contributed by atoms with Crippen molar-refractivity contribution < 1.29 is 18.0 Å². The molecule has 3 N–H and O–H groups in total. The highest BCUT2D eigenvalue weighted by Gasteiger charge is 2.38. The van der Waals surface area contributed by atoms with Gasteiger partial charge in [-0.2, -0.15) is 13.2 Å². The van der Waals surface area contributed by atoms with Crippen molar-refractivity contribution in [3.05, 3.63) is 55.7 Å². The first kappa shape index (κ1) is 19.0. The van der Waals surface area contributed by atoms with E-state index in [1.165, 1.54) is 6.07 Å². The average molecular weight is 534 g/mol. The Hall–Kier alpha value is -1.04. The summed E-state index contributed by atoms with van der Waals surface area (Å²) in [6, 6.07) is 14.0. The van der Waals surface area contributed by atoms with Crippen LogP contribution >= 0.6 is 45.2 Å². The maximum Gasteiger partial charge on any atom is 0.471 e. The van der Waals surface area contributed by atoms with Crippen LogP contribution in [0.4, 0.5) is 24.5 Å². The molecule has 2 rings (SSSR count). The van der Waals surface area contributed by atoms with E-state index < -0.39 is 12.1 Å². The second kappa shape index (κ2) is 8.56. The molecule has 2 aromatic carbocycles. The van der Waals surface area contributed by atoms with E-state index in [2.05, 4.69) is 22.6 Å². The predicted molar refractivity (Wildman–Crippen MR) is 97.4 cm³/mol. The van der Waals surface area contributed by atoms with Crippen LogP contribution in [0.5, 0.6) is 0 Å². The molecule has 0 fully saturated rings.